The molecular formula is C18H19NO3. The van der Waals surface area contributed by atoms with Crippen molar-refractivity contribution in [3.05, 3.63) is 72.3 Å². The number of hydrogen-bond donors (Lipinski definition) is 2. The standard InChI is InChI=1S/C18H19NO3/c1-2-13-22-18(21)19-16-9-5-14(6-10-16)3-4-15-7-11-17(20)12-8-15/h2,5-12,20H,1,3-4,13H2,(H,19,21). The van der Waals surface area contributed by atoms with Crippen LogP contribution in [-0.4, -0.2) is 17.8 Å². The molecular weight excluding hydrogens is 278 g/mol. The fourth-order valence-electron chi connectivity index (χ4n) is 1.99. The van der Waals surface area contributed by atoms with Crippen molar-refractivity contribution in [3.8, 4) is 5.75 Å². The number of aromatic hydroxyl groups is 1. The molecule has 114 valence electrons. The number of carbonyl (C=O) groups excluding carboxylic acids is 1. The van der Waals surface area contributed by atoms with Crippen LogP contribution < -0.4 is 5.32 Å². The van der Waals surface area contributed by atoms with E-state index in [1.54, 1.807) is 12.1 Å². The number of phenols is 1. The molecule has 2 N–H and O–H groups in total. The largest absolute Gasteiger partial charge is 0.508 e. The van der Waals surface area contributed by atoms with E-state index in [0.717, 1.165) is 12.8 Å². The van der Waals surface area contributed by atoms with Crippen molar-refractivity contribution >= 4 is 11.8 Å². The van der Waals surface area contributed by atoms with Gasteiger partial charge >= 0.3 is 6.09 Å². The SMILES string of the molecule is C=CCOC(=O)Nc1ccc(CCc2ccc(O)cc2)cc1. The summed E-state index contributed by atoms with van der Waals surface area (Å²) in [5.41, 5.74) is 3.05. The number of benzene rings is 2. The summed E-state index contributed by atoms with van der Waals surface area (Å²) >= 11 is 0. The lowest BCUT2D eigenvalue weighted by Crippen LogP contribution is -2.13. The second-order valence-electron chi connectivity index (χ2n) is 4.88. The summed E-state index contributed by atoms with van der Waals surface area (Å²) in [4.78, 5) is 11.4. The second kappa shape index (κ2) is 7.88. The van der Waals surface area contributed by atoms with Crippen molar-refractivity contribution < 1.29 is 14.6 Å². The van der Waals surface area contributed by atoms with Crippen molar-refractivity contribution in [1.29, 1.82) is 0 Å². The van der Waals surface area contributed by atoms with Gasteiger partial charge in [0.25, 0.3) is 0 Å². The summed E-state index contributed by atoms with van der Waals surface area (Å²) in [6.07, 6.45) is 2.82. The molecule has 0 aliphatic carbocycles. The smallest absolute Gasteiger partial charge is 0.411 e. The van der Waals surface area contributed by atoms with E-state index in [-0.39, 0.29) is 12.4 Å². The molecule has 0 saturated carbocycles. The minimum absolute atomic E-state index is 0.191. The van der Waals surface area contributed by atoms with E-state index in [9.17, 15) is 9.90 Å². The number of ether oxygens (including phenoxy) is 1. The highest BCUT2D eigenvalue weighted by Gasteiger charge is 2.02. The molecule has 0 aliphatic rings. The molecule has 0 fully saturated rings. The zero-order valence-electron chi connectivity index (χ0n) is 12.3. The van der Waals surface area contributed by atoms with Gasteiger partial charge in [0, 0.05) is 5.69 Å². The van der Waals surface area contributed by atoms with Gasteiger partial charge in [0.15, 0.2) is 0 Å². The predicted octanol–water partition coefficient (Wildman–Crippen LogP) is 3.91. The van der Waals surface area contributed by atoms with Crippen LogP contribution >= 0.6 is 0 Å². The first-order chi connectivity index (χ1) is 10.7. The fourth-order valence-corrected chi connectivity index (χ4v) is 1.99. The van der Waals surface area contributed by atoms with E-state index in [0.29, 0.717) is 5.69 Å². The molecule has 22 heavy (non-hydrogen) atoms. The molecule has 0 heterocycles. The molecule has 0 aromatic heterocycles. The predicted molar refractivity (Wildman–Crippen MR) is 87.1 cm³/mol. The van der Waals surface area contributed by atoms with Crippen LogP contribution in [0.4, 0.5) is 10.5 Å². The Labute approximate surface area is 130 Å². The van der Waals surface area contributed by atoms with Crippen molar-refractivity contribution in [3.63, 3.8) is 0 Å². The average Bonchev–Trinajstić information content (AvgIpc) is 2.54. The van der Waals surface area contributed by atoms with Gasteiger partial charge in [-0.15, -0.1) is 0 Å². The Hall–Kier alpha value is -2.75. The number of carbonyl (C=O) groups is 1. The third-order valence-corrected chi connectivity index (χ3v) is 3.17. The zero-order valence-corrected chi connectivity index (χ0v) is 12.3. The molecule has 4 nitrogen and oxygen atoms in total. The first kappa shape index (κ1) is 15.6. The van der Waals surface area contributed by atoms with Gasteiger partial charge in [0.2, 0.25) is 0 Å². The molecule has 0 atom stereocenters. The molecule has 0 unspecified atom stereocenters. The van der Waals surface area contributed by atoms with Gasteiger partial charge in [0.05, 0.1) is 0 Å². The average molecular weight is 297 g/mol. The van der Waals surface area contributed by atoms with Gasteiger partial charge in [-0.05, 0) is 48.2 Å². The van der Waals surface area contributed by atoms with E-state index in [1.807, 2.05) is 36.4 Å². The molecule has 2 aromatic rings. The molecule has 2 rings (SSSR count). The first-order valence-electron chi connectivity index (χ1n) is 7.09. The van der Waals surface area contributed by atoms with Crippen molar-refractivity contribution in [1.82, 2.24) is 0 Å². The third kappa shape index (κ3) is 4.98. The monoisotopic (exact) mass is 297 g/mol. The Morgan fingerprint density at radius 3 is 2.14 bits per heavy atom. The number of amides is 1. The normalized spacial score (nSPS) is 10.0. The maximum atomic E-state index is 11.4. The Bertz CT molecular complexity index is 618. The third-order valence-electron chi connectivity index (χ3n) is 3.17. The summed E-state index contributed by atoms with van der Waals surface area (Å²) in [6, 6.07) is 14.9. The molecule has 0 spiro atoms. The quantitative estimate of drug-likeness (QED) is 0.795. The van der Waals surface area contributed by atoms with Gasteiger partial charge in [0.1, 0.15) is 12.4 Å². The summed E-state index contributed by atoms with van der Waals surface area (Å²) in [7, 11) is 0. The van der Waals surface area contributed by atoms with Crippen LogP contribution in [0.25, 0.3) is 0 Å². The van der Waals surface area contributed by atoms with Crippen LogP contribution in [0.5, 0.6) is 5.75 Å². The van der Waals surface area contributed by atoms with E-state index in [4.69, 9.17) is 4.74 Å². The molecule has 0 radical (unpaired) electrons. The van der Waals surface area contributed by atoms with Gasteiger partial charge in [-0.2, -0.15) is 0 Å². The summed E-state index contributed by atoms with van der Waals surface area (Å²) in [6.45, 7) is 3.67. The molecule has 1 amide bonds. The van der Waals surface area contributed by atoms with E-state index in [2.05, 4.69) is 11.9 Å². The van der Waals surface area contributed by atoms with Gasteiger partial charge < -0.3 is 9.84 Å². The van der Waals surface area contributed by atoms with Crippen molar-refractivity contribution in [2.75, 3.05) is 11.9 Å². The lowest BCUT2D eigenvalue weighted by molar-refractivity contribution is 0.174. The minimum atomic E-state index is -0.489. The fraction of sp³-hybridized carbons (Fsp3) is 0.167. The Kier molecular flexibility index (Phi) is 5.60. The molecule has 2 aromatic carbocycles. The van der Waals surface area contributed by atoms with Crippen LogP contribution in [-0.2, 0) is 17.6 Å². The molecule has 4 heteroatoms. The summed E-state index contributed by atoms with van der Waals surface area (Å²) in [5.74, 6) is 0.280. The lowest BCUT2D eigenvalue weighted by atomic mass is 10.0. The maximum Gasteiger partial charge on any atom is 0.411 e. The van der Waals surface area contributed by atoms with Crippen LogP contribution in [0.2, 0.25) is 0 Å². The maximum absolute atomic E-state index is 11.4. The van der Waals surface area contributed by atoms with Crippen LogP contribution in [0, 0.1) is 0 Å². The summed E-state index contributed by atoms with van der Waals surface area (Å²) in [5, 5.41) is 11.9. The topological polar surface area (TPSA) is 58.6 Å². The number of hydrogen-bond acceptors (Lipinski definition) is 3. The van der Waals surface area contributed by atoms with Gasteiger partial charge in [-0.1, -0.05) is 36.9 Å². The van der Waals surface area contributed by atoms with Crippen LogP contribution in [0.1, 0.15) is 11.1 Å². The van der Waals surface area contributed by atoms with E-state index >= 15 is 0 Å². The number of phenolic OH excluding ortho intramolecular Hbond substituents is 1. The van der Waals surface area contributed by atoms with E-state index < -0.39 is 6.09 Å². The number of nitrogens with one attached hydrogen (secondary N) is 1. The van der Waals surface area contributed by atoms with Gasteiger partial charge in [-0.25, -0.2) is 4.79 Å². The highest BCUT2D eigenvalue weighted by molar-refractivity contribution is 5.84. The summed E-state index contributed by atoms with van der Waals surface area (Å²) < 4.78 is 4.85. The van der Waals surface area contributed by atoms with Gasteiger partial charge in [-0.3, -0.25) is 5.32 Å². The van der Waals surface area contributed by atoms with E-state index in [1.165, 1.54) is 17.2 Å². The van der Waals surface area contributed by atoms with Crippen molar-refractivity contribution in [2.45, 2.75) is 12.8 Å². The van der Waals surface area contributed by atoms with Crippen LogP contribution in [0.15, 0.2) is 61.2 Å². The first-order valence-corrected chi connectivity index (χ1v) is 7.09. The Morgan fingerprint density at radius 1 is 1.05 bits per heavy atom. The molecule has 0 aliphatic heterocycles. The highest BCUT2D eigenvalue weighted by atomic mass is 16.5. The number of anilines is 1. The Balaban J connectivity index is 1.85. The number of rotatable bonds is 6. The molecule has 0 saturated heterocycles. The van der Waals surface area contributed by atoms with Crippen molar-refractivity contribution in [2.24, 2.45) is 0 Å². The molecule has 0 bridgehead atoms. The van der Waals surface area contributed by atoms with Crippen LogP contribution in [0.3, 0.4) is 0 Å². The Morgan fingerprint density at radius 2 is 1.59 bits per heavy atom. The minimum Gasteiger partial charge on any atom is -0.508 e. The number of aryl methyl sites for hydroxylation is 2. The lowest BCUT2D eigenvalue weighted by Gasteiger charge is -2.07. The zero-order chi connectivity index (χ0) is 15.8. The second-order valence-corrected chi connectivity index (χ2v) is 4.88. The highest BCUT2D eigenvalue weighted by Crippen LogP contribution is 2.14.